The van der Waals surface area contributed by atoms with Crippen LogP contribution in [0.25, 0.3) is 0 Å². The van der Waals surface area contributed by atoms with Gasteiger partial charge in [-0.15, -0.1) is 11.3 Å². The molecule has 0 aliphatic rings. The minimum atomic E-state index is 0.263. The van der Waals surface area contributed by atoms with E-state index in [2.05, 4.69) is 33.8 Å². The first-order valence-corrected chi connectivity index (χ1v) is 8.55. The van der Waals surface area contributed by atoms with Crippen molar-refractivity contribution in [3.63, 3.8) is 0 Å². The Morgan fingerprint density at radius 3 is 2.77 bits per heavy atom. The zero-order valence-electron chi connectivity index (χ0n) is 12.3. The van der Waals surface area contributed by atoms with Gasteiger partial charge in [0.1, 0.15) is 10.8 Å². The maximum Gasteiger partial charge on any atom is 0.195 e. The molecule has 3 rings (SSSR count). The number of hydrogen-bond acceptors (Lipinski definition) is 7. The minimum absolute atomic E-state index is 0.263. The molecule has 114 valence electrons. The first kappa shape index (κ1) is 15.2. The number of rotatable bonds is 6. The van der Waals surface area contributed by atoms with Crippen LogP contribution in [0.3, 0.4) is 0 Å². The summed E-state index contributed by atoms with van der Waals surface area (Å²) in [6.07, 6.45) is 5.29. The highest BCUT2D eigenvalue weighted by atomic mass is 32.2. The second kappa shape index (κ2) is 7.04. The fourth-order valence-electron chi connectivity index (χ4n) is 1.94. The van der Waals surface area contributed by atoms with E-state index in [0.717, 1.165) is 22.4 Å². The Morgan fingerprint density at radius 2 is 2.05 bits per heavy atom. The Morgan fingerprint density at radius 1 is 1.23 bits per heavy atom. The molecule has 3 heterocycles. The van der Waals surface area contributed by atoms with Crippen molar-refractivity contribution in [3.8, 4) is 0 Å². The van der Waals surface area contributed by atoms with E-state index in [1.54, 1.807) is 29.8 Å². The molecule has 0 spiro atoms. The normalized spacial score (nSPS) is 12.7. The van der Waals surface area contributed by atoms with Gasteiger partial charge in [-0.2, -0.15) is 0 Å². The van der Waals surface area contributed by atoms with E-state index >= 15 is 0 Å². The van der Waals surface area contributed by atoms with Crippen LogP contribution in [-0.4, -0.2) is 26.9 Å². The van der Waals surface area contributed by atoms with Crippen LogP contribution >= 0.6 is 23.1 Å². The van der Waals surface area contributed by atoms with Gasteiger partial charge >= 0.3 is 0 Å². The van der Waals surface area contributed by atoms with E-state index in [1.807, 2.05) is 23.7 Å². The Balaban J connectivity index is 1.62. The van der Waals surface area contributed by atoms with Crippen LogP contribution in [0, 0.1) is 0 Å². The zero-order valence-corrected chi connectivity index (χ0v) is 14.0. The summed E-state index contributed by atoms with van der Waals surface area (Å²) < 4.78 is 5.85. The second-order valence-corrected chi connectivity index (χ2v) is 6.71. The average Bonchev–Trinajstić information content (AvgIpc) is 3.19. The first-order valence-electron chi connectivity index (χ1n) is 6.85. The molecule has 0 fully saturated rings. The third kappa shape index (κ3) is 3.73. The maximum absolute atomic E-state index is 5.85. The van der Waals surface area contributed by atoms with Crippen molar-refractivity contribution in [2.45, 2.75) is 29.8 Å². The van der Waals surface area contributed by atoms with Crippen LogP contribution in [-0.2, 0) is 6.54 Å². The lowest BCUT2D eigenvalue weighted by molar-refractivity contribution is 0.226. The fraction of sp³-hybridized carbons (Fsp3) is 0.267. The van der Waals surface area contributed by atoms with Gasteiger partial charge in [-0.1, -0.05) is 0 Å². The average molecular weight is 332 g/mol. The van der Waals surface area contributed by atoms with Crippen LogP contribution in [0.15, 0.2) is 56.8 Å². The molecule has 0 radical (unpaired) electrons. The highest BCUT2D eigenvalue weighted by molar-refractivity contribution is 7.99. The van der Waals surface area contributed by atoms with Gasteiger partial charge in [-0.3, -0.25) is 4.90 Å². The van der Waals surface area contributed by atoms with Gasteiger partial charge in [0.05, 0.1) is 12.6 Å². The summed E-state index contributed by atoms with van der Waals surface area (Å²) >= 11 is 3.10. The lowest BCUT2D eigenvalue weighted by Gasteiger charge is -2.21. The topological polar surface area (TPSA) is 55.1 Å². The summed E-state index contributed by atoms with van der Waals surface area (Å²) in [5, 5.41) is 4.60. The van der Waals surface area contributed by atoms with Crippen LogP contribution in [0.1, 0.15) is 23.7 Å². The minimum Gasteiger partial charge on any atom is -0.453 e. The van der Waals surface area contributed by atoms with Crippen molar-refractivity contribution < 1.29 is 4.42 Å². The summed E-state index contributed by atoms with van der Waals surface area (Å²) in [4.78, 5) is 14.9. The fourth-order valence-corrected chi connectivity index (χ4v) is 3.39. The lowest BCUT2D eigenvalue weighted by atomic mass is 10.3. The predicted molar refractivity (Wildman–Crippen MR) is 86.9 cm³/mol. The standard InChI is InChI=1S/C15H16N4OS2/c1-11(14-16-8-9-21-14)19(2)10-12-4-5-13(20-12)22-15-17-6-3-7-18-15/h3-9,11H,10H2,1-2H3/t11-/m0/s1. The van der Waals surface area contributed by atoms with E-state index in [4.69, 9.17) is 4.42 Å². The quantitative estimate of drug-likeness (QED) is 0.639. The lowest BCUT2D eigenvalue weighted by Crippen LogP contribution is -2.21. The summed E-state index contributed by atoms with van der Waals surface area (Å²) in [6.45, 7) is 2.88. The number of thiazole rings is 1. The summed E-state index contributed by atoms with van der Waals surface area (Å²) in [5.41, 5.74) is 0. The van der Waals surface area contributed by atoms with Gasteiger partial charge in [-0.05, 0) is 43.9 Å². The van der Waals surface area contributed by atoms with Gasteiger partial charge in [0, 0.05) is 24.0 Å². The number of hydrogen-bond donors (Lipinski definition) is 0. The van der Waals surface area contributed by atoms with Crippen molar-refractivity contribution >= 4 is 23.1 Å². The SMILES string of the molecule is C[C@@H](c1nccs1)N(C)Cc1ccc(Sc2ncccn2)o1. The first-order chi connectivity index (χ1) is 10.7. The molecule has 0 aromatic carbocycles. The number of aromatic nitrogens is 3. The van der Waals surface area contributed by atoms with E-state index in [0.29, 0.717) is 5.16 Å². The molecule has 0 saturated carbocycles. The number of furan rings is 1. The van der Waals surface area contributed by atoms with Gasteiger partial charge in [0.25, 0.3) is 0 Å². The van der Waals surface area contributed by atoms with Crippen molar-refractivity contribution in [1.29, 1.82) is 0 Å². The second-order valence-electron chi connectivity index (χ2n) is 4.82. The van der Waals surface area contributed by atoms with Crippen LogP contribution in [0.4, 0.5) is 0 Å². The third-order valence-corrected chi connectivity index (χ3v) is 5.01. The van der Waals surface area contributed by atoms with Crippen LogP contribution in [0.5, 0.6) is 0 Å². The van der Waals surface area contributed by atoms with Gasteiger partial charge in [0.2, 0.25) is 0 Å². The monoisotopic (exact) mass is 332 g/mol. The summed E-state index contributed by atoms with van der Waals surface area (Å²) in [6, 6.07) is 6.01. The zero-order chi connectivity index (χ0) is 15.4. The van der Waals surface area contributed by atoms with E-state index in [-0.39, 0.29) is 6.04 Å². The maximum atomic E-state index is 5.85. The Bertz CT molecular complexity index is 699. The molecule has 0 amide bonds. The van der Waals surface area contributed by atoms with Crippen molar-refractivity contribution in [1.82, 2.24) is 19.9 Å². The molecule has 22 heavy (non-hydrogen) atoms. The molecule has 0 unspecified atom stereocenters. The van der Waals surface area contributed by atoms with Gasteiger partial charge in [-0.25, -0.2) is 15.0 Å². The summed E-state index contributed by atoms with van der Waals surface area (Å²) in [7, 11) is 2.07. The van der Waals surface area contributed by atoms with Crippen molar-refractivity contribution in [2.75, 3.05) is 7.05 Å². The van der Waals surface area contributed by atoms with Gasteiger partial charge in [0.15, 0.2) is 10.2 Å². The molecule has 1 atom stereocenters. The predicted octanol–water partition coefficient (Wildman–Crippen LogP) is 3.87. The van der Waals surface area contributed by atoms with Crippen molar-refractivity contribution in [2.24, 2.45) is 0 Å². The molecule has 0 bridgehead atoms. The molecule has 0 N–H and O–H groups in total. The van der Waals surface area contributed by atoms with Crippen LogP contribution < -0.4 is 0 Å². The molecule has 5 nitrogen and oxygen atoms in total. The highest BCUT2D eigenvalue weighted by Gasteiger charge is 2.16. The Hall–Kier alpha value is -1.70. The van der Waals surface area contributed by atoms with E-state index < -0.39 is 0 Å². The van der Waals surface area contributed by atoms with Gasteiger partial charge < -0.3 is 4.42 Å². The highest BCUT2D eigenvalue weighted by Crippen LogP contribution is 2.28. The molecule has 0 aliphatic carbocycles. The molecular formula is C15H16N4OS2. The largest absolute Gasteiger partial charge is 0.453 e. The third-order valence-electron chi connectivity index (χ3n) is 3.25. The smallest absolute Gasteiger partial charge is 0.195 e. The van der Waals surface area contributed by atoms with Crippen LogP contribution in [0.2, 0.25) is 0 Å². The van der Waals surface area contributed by atoms with E-state index in [9.17, 15) is 0 Å². The molecule has 3 aromatic heterocycles. The molecular weight excluding hydrogens is 316 g/mol. The summed E-state index contributed by atoms with van der Waals surface area (Å²) in [5.74, 6) is 0.921. The number of nitrogens with zero attached hydrogens (tertiary/aromatic N) is 4. The van der Waals surface area contributed by atoms with E-state index in [1.165, 1.54) is 11.8 Å². The molecule has 3 aromatic rings. The Labute approximate surface area is 137 Å². The molecule has 0 saturated heterocycles. The molecule has 0 aliphatic heterocycles. The van der Waals surface area contributed by atoms with Crippen molar-refractivity contribution in [3.05, 3.63) is 52.9 Å². The Kier molecular flexibility index (Phi) is 4.87. The molecule has 7 heteroatoms.